The third-order valence-corrected chi connectivity index (χ3v) is 2.39. The number of benzene rings is 1. The zero-order valence-electron chi connectivity index (χ0n) is 6.92. The van der Waals surface area contributed by atoms with E-state index in [1.165, 1.54) is 5.56 Å². The molecule has 1 heterocycles. The molecule has 0 atom stereocenters. The molecule has 0 bridgehead atoms. The highest BCUT2D eigenvalue weighted by molar-refractivity contribution is 6.32. The molecule has 12 heavy (non-hydrogen) atoms. The fourth-order valence-electron chi connectivity index (χ4n) is 1.43. The lowest BCUT2D eigenvalue weighted by Crippen LogP contribution is -2.14. The number of hydrogen-bond acceptors (Lipinski definition) is 1. The van der Waals surface area contributed by atoms with E-state index in [4.69, 9.17) is 11.6 Å². The van der Waals surface area contributed by atoms with Crippen LogP contribution in [0.1, 0.15) is 11.1 Å². The maximum Gasteiger partial charge on any atom is 0.0482 e. The molecule has 0 spiro atoms. The lowest BCUT2D eigenvalue weighted by Gasteiger charge is -2.21. The summed E-state index contributed by atoms with van der Waals surface area (Å²) in [6.07, 6.45) is 4.11. The van der Waals surface area contributed by atoms with Crippen LogP contribution in [0.3, 0.4) is 0 Å². The van der Waals surface area contributed by atoms with Crippen molar-refractivity contribution in [1.82, 2.24) is 4.90 Å². The Hall–Kier alpha value is -0.950. The molecule has 2 rings (SSSR count). The van der Waals surface area contributed by atoms with Crippen LogP contribution in [0.25, 0.3) is 6.08 Å². The van der Waals surface area contributed by atoms with Crippen LogP contribution >= 0.6 is 11.6 Å². The fraction of sp³-hybridized carbons (Fsp3) is 0.200. The molecular weight excluding hydrogens is 170 g/mol. The normalized spacial score (nSPS) is 14.7. The summed E-state index contributed by atoms with van der Waals surface area (Å²) in [5.74, 6) is 0. The largest absolute Gasteiger partial charge is 0.376 e. The number of nitrogens with zero attached hydrogens (tertiary/aromatic N) is 1. The van der Waals surface area contributed by atoms with Gasteiger partial charge in [0.1, 0.15) is 0 Å². The van der Waals surface area contributed by atoms with Crippen molar-refractivity contribution in [3.8, 4) is 0 Å². The smallest absolute Gasteiger partial charge is 0.0482 e. The highest BCUT2D eigenvalue weighted by atomic mass is 35.5. The Kier molecular flexibility index (Phi) is 1.81. The van der Waals surface area contributed by atoms with Crippen LogP contribution in [0.2, 0.25) is 5.02 Å². The fourth-order valence-corrected chi connectivity index (χ4v) is 1.69. The first-order valence-electron chi connectivity index (χ1n) is 3.93. The van der Waals surface area contributed by atoms with Crippen LogP contribution in [0.15, 0.2) is 24.4 Å². The average molecular weight is 180 g/mol. The van der Waals surface area contributed by atoms with Gasteiger partial charge in [0.2, 0.25) is 0 Å². The van der Waals surface area contributed by atoms with Gasteiger partial charge in [-0.3, -0.25) is 0 Å². The number of rotatable bonds is 0. The number of hydrogen-bond donors (Lipinski definition) is 0. The Bertz CT molecular complexity index is 331. The highest BCUT2D eigenvalue weighted by Gasteiger charge is 2.08. The van der Waals surface area contributed by atoms with Crippen LogP contribution in [0.5, 0.6) is 0 Å². The van der Waals surface area contributed by atoms with Gasteiger partial charge in [-0.2, -0.15) is 0 Å². The van der Waals surface area contributed by atoms with Crippen LogP contribution < -0.4 is 0 Å². The monoisotopic (exact) mass is 179 g/mol. The highest BCUT2D eigenvalue weighted by Crippen LogP contribution is 2.25. The quantitative estimate of drug-likeness (QED) is 0.592. The van der Waals surface area contributed by atoms with Gasteiger partial charge >= 0.3 is 0 Å². The zero-order chi connectivity index (χ0) is 8.55. The summed E-state index contributed by atoms with van der Waals surface area (Å²) in [6.45, 7) is 0.951. The summed E-state index contributed by atoms with van der Waals surface area (Å²) >= 11 is 6.02. The van der Waals surface area contributed by atoms with E-state index in [-0.39, 0.29) is 0 Å². The van der Waals surface area contributed by atoms with Gasteiger partial charge in [0, 0.05) is 18.6 Å². The van der Waals surface area contributed by atoms with Gasteiger partial charge in [-0.05, 0) is 29.5 Å². The molecule has 0 radical (unpaired) electrons. The number of halogens is 1. The molecule has 0 saturated carbocycles. The molecule has 0 saturated heterocycles. The van der Waals surface area contributed by atoms with Crippen LogP contribution in [-0.4, -0.2) is 11.9 Å². The standard InChI is InChI=1S/C10H10ClN/c1-12-6-5-9-8(7-12)3-2-4-10(9)11/h2-6H,7H2,1H3. The summed E-state index contributed by atoms with van der Waals surface area (Å²) in [5, 5.41) is 0.844. The van der Waals surface area contributed by atoms with Gasteiger partial charge in [-0.15, -0.1) is 0 Å². The van der Waals surface area contributed by atoms with Gasteiger partial charge in [-0.1, -0.05) is 23.7 Å². The molecular formula is C10H10ClN. The second-order valence-electron chi connectivity index (χ2n) is 3.04. The molecule has 1 nitrogen and oxygen atoms in total. The molecule has 2 heteroatoms. The SMILES string of the molecule is CN1C=Cc2c(Cl)cccc2C1. The van der Waals surface area contributed by atoms with E-state index in [0.29, 0.717) is 0 Å². The van der Waals surface area contributed by atoms with Gasteiger partial charge in [0.05, 0.1) is 0 Å². The van der Waals surface area contributed by atoms with Crippen molar-refractivity contribution in [3.63, 3.8) is 0 Å². The summed E-state index contributed by atoms with van der Waals surface area (Å²) in [7, 11) is 2.06. The molecule has 0 amide bonds. The van der Waals surface area contributed by atoms with Gasteiger partial charge in [0.25, 0.3) is 0 Å². The van der Waals surface area contributed by atoms with Gasteiger partial charge in [0.15, 0.2) is 0 Å². The van der Waals surface area contributed by atoms with Crippen molar-refractivity contribution >= 4 is 17.7 Å². The molecule has 62 valence electrons. The van der Waals surface area contributed by atoms with Crippen molar-refractivity contribution in [2.75, 3.05) is 7.05 Å². The minimum atomic E-state index is 0.844. The second kappa shape index (κ2) is 2.83. The molecule has 1 aromatic rings. The number of fused-ring (bicyclic) bond motifs is 1. The summed E-state index contributed by atoms with van der Waals surface area (Å²) < 4.78 is 0. The van der Waals surface area contributed by atoms with Crippen molar-refractivity contribution in [3.05, 3.63) is 40.5 Å². The second-order valence-corrected chi connectivity index (χ2v) is 3.45. The van der Waals surface area contributed by atoms with E-state index >= 15 is 0 Å². The third-order valence-electron chi connectivity index (χ3n) is 2.06. The summed E-state index contributed by atoms with van der Waals surface area (Å²) in [6, 6.07) is 6.03. The molecule has 1 aliphatic heterocycles. The first kappa shape index (κ1) is 7.69. The van der Waals surface area contributed by atoms with Crippen molar-refractivity contribution in [2.45, 2.75) is 6.54 Å². The van der Waals surface area contributed by atoms with Crippen molar-refractivity contribution in [1.29, 1.82) is 0 Å². The minimum Gasteiger partial charge on any atom is -0.376 e. The van der Waals surface area contributed by atoms with Crippen molar-refractivity contribution < 1.29 is 0 Å². The molecule has 0 N–H and O–H groups in total. The Labute approximate surface area is 77.3 Å². The molecule has 0 fully saturated rings. The van der Waals surface area contributed by atoms with Gasteiger partial charge < -0.3 is 4.90 Å². The van der Waals surface area contributed by atoms with Crippen molar-refractivity contribution in [2.24, 2.45) is 0 Å². The maximum atomic E-state index is 6.02. The molecule has 0 unspecified atom stereocenters. The molecule has 0 aromatic heterocycles. The van der Waals surface area contributed by atoms with E-state index in [1.807, 2.05) is 18.3 Å². The van der Waals surface area contributed by atoms with E-state index in [9.17, 15) is 0 Å². The summed E-state index contributed by atoms with van der Waals surface area (Å²) in [5.41, 5.74) is 2.46. The van der Waals surface area contributed by atoms with Crippen LogP contribution in [-0.2, 0) is 6.54 Å². The predicted molar refractivity (Wildman–Crippen MR) is 52.0 cm³/mol. The zero-order valence-corrected chi connectivity index (χ0v) is 7.67. The van der Waals surface area contributed by atoms with Crippen LogP contribution in [0, 0.1) is 0 Å². The first-order chi connectivity index (χ1) is 5.77. The molecule has 1 aliphatic rings. The lowest BCUT2D eigenvalue weighted by molar-refractivity contribution is 0.448. The Morgan fingerprint density at radius 1 is 1.42 bits per heavy atom. The minimum absolute atomic E-state index is 0.844. The van der Waals surface area contributed by atoms with E-state index in [1.54, 1.807) is 0 Å². The van der Waals surface area contributed by atoms with Gasteiger partial charge in [-0.25, -0.2) is 0 Å². The first-order valence-corrected chi connectivity index (χ1v) is 4.31. The Morgan fingerprint density at radius 3 is 3.08 bits per heavy atom. The van der Waals surface area contributed by atoms with Crippen LogP contribution in [0.4, 0.5) is 0 Å². The molecule has 1 aromatic carbocycles. The molecule has 0 aliphatic carbocycles. The Balaban J connectivity index is 2.53. The topological polar surface area (TPSA) is 3.24 Å². The third kappa shape index (κ3) is 1.21. The van der Waals surface area contributed by atoms with E-state index < -0.39 is 0 Å². The lowest BCUT2D eigenvalue weighted by atomic mass is 10.0. The summed E-state index contributed by atoms with van der Waals surface area (Å²) in [4.78, 5) is 2.14. The Morgan fingerprint density at radius 2 is 2.25 bits per heavy atom. The van der Waals surface area contributed by atoms with E-state index in [2.05, 4.69) is 24.1 Å². The average Bonchev–Trinajstić information content (AvgIpc) is 2.04. The maximum absolute atomic E-state index is 6.02. The predicted octanol–water partition coefficient (Wildman–Crippen LogP) is 2.76. The van der Waals surface area contributed by atoms with E-state index in [0.717, 1.165) is 17.1 Å².